The van der Waals surface area contributed by atoms with E-state index in [0.717, 1.165) is 6.07 Å². The molecule has 74 valence electrons. The summed E-state index contributed by atoms with van der Waals surface area (Å²) in [7, 11) is -0.733. The molecule has 1 aromatic rings. The molecular weight excluding hydrogens is 183 g/mol. The van der Waals surface area contributed by atoms with Crippen LogP contribution in [0.1, 0.15) is 20.0 Å². The van der Waals surface area contributed by atoms with Gasteiger partial charge in [0.05, 0.1) is 12.7 Å². The summed E-state index contributed by atoms with van der Waals surface area (Å²) < 4.78 is 26.2. The Morgan fingerprint density at radius 3 is 2.79 bits per heavy atom. The minimum Gasteiger partial charge on any atom is -0.465 e. The molecule has 0 amide bonds. The first-order valence-corrected chi connectivity index (χ1v) is 3.86. The Hall–Kier alpha value is -1.33. The van der Waals surface area contributed by atoms with Crippen LogP contribution in [0.5, 0.6) is 0 Å². The van der Waals surface area contributed by atoms with Crippen molar-refractivity contribution in [3.8, 4) is 0 Å². The molecular formula is C9H11BO4. The number of hydrogen-bond acceptors (Lipinski definition) is 4. The van der Waals surface area contributed by atoms with Gasteiger partial charge in [-0.05, 0) is 24.4 Å². The second-order valence-corrected chi connectivity index (χ2v) is 2.67. The van der Waals surface area contributed by atoms with Gasteiger partial charge in [-0.2, -0.15) is 0 Å². The Kier molecular flexibility index (Phi) is 2.14. The highest BCUT2D eigenvalue weighted by molar-refractivity contribution is 6.59. The molecule has 0 radical (unpaired) electrons. The van der Waals surface area contributed by atoms with Crippen molar-refractivity contribution in [3.63, 3.8) is 0 Å². The van der Waals surface area contributed by atoms with E-state index < -0.39 is 19.9 Å². The molecule has 0 aliphatic carbocycles. The molecule has 0 aliphatic heterocycles. The largest absolute Gasteiger partial charge is 0.488 e. The average Bonchev–Trinajstić information content (AvgIpc) is 2.25. The summed E-state index contributed by atoms with van der Waals surface area (Å²) in [5.74, 6) is -0.686. The van der Waals surface area contributed by atoms with Crippen LogP contribution in [0.25, 0.3) is 0 Å². The molecule has 0 fully saturated rings. The van der Waals surface area contributed by atoms with Gasteiger partial charge in [0.25, 0.3) is 0 Å². The summed E-state index contributed by atoms with van der Waals surface area (Å²) in [5, 5.41) is 18.1. The van der Waals surface area contributed by atoms with Crippen molar-refractivity contribution in [1.29, 1.82) is 0 Å². The van der Waals surface area contributed by atoms with Gasteiger partial charge >= 0.3 is 13.1 Å². The fourth-order valence-electron chi connectivity index (χ4n) is 1.03. The van der Waals surface area contributed by atoms with Gasteiger partial charge in [0, 0.05) is 4.11 Å². The zero-order valence-corrected chi connectivity index (χ0v) is 7.52. The average molecular weight is 197 g/mol. The number of ether oxygens (including phenoxy) is 1. The van der Waals surface area contributed by atoms with Gasteiger partial charge in [0.1, 0.15) is 0 Å². The number of rotatable bonds is 2. The second-order valence-electron chi connectivity index (χ2n) is 2.67. The van der Waals surface area contributed by atoms with Gasteiger partial charge in [0.15, 0.2) is 0 Å². The van der Waals surface area contributed by atoms with E-state index in [0.29, 0.717) is 0 Å². The topological polar surface area (TPSA) is 66.8 Å². The zero-order valence-electron chi connectivity index (χ0n) is 10.5. The Bertz CT molecular complexity index is 431. The SMILES string of the molecule is [2H]C([2H])([2H])c1cc(C(=O)OC)ccc1B(O)O. The summed E-state index contributed by atoms with van der Waals surface area (Å²) in [5.41, 5.74) is -0.393. The molecule has 0 aliphatic rings. The fourth-order valence-corrected chi connectivity index (χ4v) is 1.03. The predicted molar refractivity (Wildman–Crippen MR) is 52.3 cm³/mol. The van der Waals surface area contributed by atoms with E-state index in [1.165, 1.54) is 19.2 Å². The Balaban J connectivity index is 3.35. The van der Waals surface area contributed by atoms with Crippen molar-refractivity contribution in [3.05, 3.63) is 29.3 Å². The van der Waals surface area contributed by atoms with Crippen LogP contribution < -0.4 is 5.46 Å². The number of aryl methyl sites for hydroxylation is 1. The quantitative estimate of drug-likeness (QED) is 0.493. The van der Waals surface area contributed by atoms with Crippen LogP contribution in [0.2, 0.25) is 0 Å². The number of benzene rings is 1. The van der Waals surface area contributed by atoms with E-state index in [1.807, 2.05) is 0 Å². The first-order valence-electron chi connectivity index (χ1n) is 5.36. The van der Waals surface area contributed by atoms with Gasteiger partial charge in [-0.3, -0.25) is 0 Å². The van der Waals surface area contributed by atoms with E-state index in [9.17, 15) is 4.79 Å². The molecule has 1 rings (SSSR count). The summed E-state index contributed by atoms with van der Waals surface area (Å²) in [6.07, 6.45) is 0. The van der Waals surface area contributed by atoms with Crippen molar-refractivity contribution >= 4 is 18.6 Å². The molecule has 0 spiro atoms. The van der Waals surface area contributed by atoms with Crippen LogP contribution in [0.3, 0.4) is 0 Å². The molecule has 0 aromatic heterocycles. The Morgan fingerprint density at radius 2 is 2.29 bits per heavy atom. The summed E-state index contributed by atoms with van der Waals surface area (Å²) in [6, 6.07) is 3.53. The molecule has 1 aromatic carbocycles. The minimum atomic E-state index is -2.54. The highest BCUT2D eigenvalue weighted by Crippen LogP contribution is 2.04. The lowest BCUT2D eigenvalue weighted by atomic mass is 9.77. The number of hydrogen-bond donors (Lipinski definition) is 2. The van der Waals surface area contributed by atoms with E-state index in [4.69, 9.17) is 14.2 Å². The lowest BCUT2D eigenvalue weighted by Gasteiger charge is -2.06. The zero-order chi connectivity index (χ0) is 13.2. The Labute approximate surface area is 86.5 Å². The van der Waals surface area contributed by atoms with Crippen LogP contribution in [0, 0.1) is 6.85 Å². The molecule has 5 heteroatoms. The van der Waals surface area contributed by atoms with Gasteiger partial charge in [-0.1, -0.05) is 11.6 Å². The van der Waals surface area contributed by atoms with Crippen molar-refractivity contribution in [2.45, 2.75) is 6.85 Å². The third-order valence-corrected chi connectivity index (χ3v) is 1.75. The smallest absolute Gasteiger partial charge is 0.465 e. The molecule has 2 N–H and O–H groups in total. The third kappa shape index (κ3) is 2.13. The third-order valence-electron chi connectivity index (χ3n) is 1.75. The minimum absolute atomic E-state index is 0.0445. The molecule has 0 unspecified atom stereocenters. The summed E-state index contributed by atoms with van der Waals surface area (Å²) in [6.45, 7) is -2.54. The lowest BCUT2D eigenvalue weighted by molar-refractivity contribution is 0.0600. The van der Waals surface area contributed by atoms with Crippen molar-refractivity contribution in [2.24, 2.45) is 0 Å². The van der Waals surface area contributed by atoms with Gasteiger partial charge in [-0.15, -0.1) is 0 Å². The van der Waals surface area contributed by atoms with Crippen molar-refractivity contribution in [1.82, 2.24) is 0 Å². The number of carbonyl (C=O) groups is 1. The molecule has 4 nitrogen and oxygen atoms in total. The fraction of sp³-hybridized carbons (Fsp3) is 0.222. The van der Waals surface area contributed by atoms with Crippen LogP contribution in [-0.2, 0) is 4.74 Å². The summed E-state index contributed by atoms with van der Waals surface area (Å²) in [4.78, 5) is 11.2. The van der Waals surface area contributed by atoms with Crippen LogP contribution in [-0.4, -0.2) is 30.2 Å². The van der Waals surface area contributed by atoms with Gasteiger partial charge in [-0.25, -0.2) is 4.79 Å². The standard InChI is InChI=1S/C9H11BO4/c1-6-5-7(9(11)14-2)3-4-8(6)10(12)13/h3-5,12-13H,1-2H3/i1D3. The van der Waals surface area contributed by atoms with Crippen LogP contribution >= 0.6 is 0 Å². The van der Waals surface area contributed by atoms with Crippen molar-refractivity contribution in [2.75, 3.05) is 7.11 Å². The van der Waals surface area contributed by atoms with Crippen LogP contribution in [0.4, 0.5) is 0 Å². The van der Waals surface area contributed by atoms with E-state index >= 15 is 0 Å². The maximum atomic E-state index is 11.2. The second kappa shape index (κ2) is 4.26. The number of esters is 1. The number of methoxy groups -OCH3 is 1. The Morgan fingerprint density at radius 1 is 1.57 bits per heavy atom. The van der Waals surface area contributed by atoms with E-state index in [-0.39, 0.29) is 16.6 Å². The van der Waals surface area contributed by atoms with Gasteiger partial charge in [0.2, 0.25) is 0 Å². The molecule has 0 saturated heterocycles. The maximum Gasteiger partial charge on any atom is 0.488 e. The van der Waals surface area contributed by atoms with Crippen LogP contribution in [0.15, 0.2) is 18.2 Å². The highest BCUT2D eigenvalue weighted by atomic mass is 16.5. The van der Waals surface area contributed by atoms with E-state index in [1.54, 1.807) is 0 Å². The van der Waals surface area contributed by atoms with Crippen molar-refractivity contribution < 1.29 is 23.7 Å². The predicted octanol–water partition coefficient (Wildman–Crippen LogP) is -0.539. The highest BCUT2D eigenvalue weighted by Gasteiger charge is 2.15. The maximum absolute atomic E-state index is 11.2. The first-order chi connectivity index (χ1) is 7.77. The molecule has 0 heterocycles. The normalized spacial score (nSPS) is 13.8. The van der Waals surface area contributed by atoms with Gasteiger partial charge < -0.3 is 14.8 Å². The molecule has 0 bridgehead atoms. The summed E-state index contributed by atoms with van der Waals surface area (Å²) >= 11 is 0. The molecule has 14 heavy (non-hydrogen) atoms. The lowest BCUT2D eigenvalue weighted by Crippen LogP contribution is -2.32. The molecule has 0 atom stereocenters. The number of carbonyl (C=O) groups excluding carboxylic acids is 1. The molecule has 0 saturated carbocycles. The monoisotopic (exact) mass is 197 g/mol. The van der Waals surface area contributed by atoms with E-state index in [2.05, 4.69) is 4.74 Å². The first kappa shape index (κ1) is 7.03.